The summed E-state index contributed by atoms with van der Waals surface area (Å²) in [7, 11) is 0. The van der Waals surface area contributed by atoms with Crippen molar-refractivity contribution < 1.29 is 14.5 Å². The topological polar surface area (TPSA) is 102 Å². The second kappa shape index (κ2) is 8.75. The van der Waals surface area contributed by atoms with Crippen LogP contribution in [0.4, 0.5) is 11.4 Å². The summed E-state index contributed by atoms with van der Waals surface area (Å²) in [6, 6.07) is 13.9. The monoisotopic (exact) mass is 407 g/mol. The molecule has 4 rings (SSSR count). The Morgan fingerprint density at radius 3 is 2.63 bits per heavy atom. The number of rotatable bonds is 6. The Morgan fingerprint density at radius 1 is 1.17 bits per heavy atom. The van der Waals surface area contributed by atoms with Crippen LogP contribution < -0.4 is 5.43 Å². The van der Waals surface area contributed by atoms with Crippen LogP contribution >= 0.6 is 0 Å². The number of hydrogen-bond acceptors (Lipinski definition) is 6. The van der Waals surface area contributed by atoms with Gasteiger partial charge in [-0.2, -0.15) is 5.10 Å². The van der Waals surface area contributed by atoms with Gasteiger partial charge in [-0.15, -0.1) is 0 Å². The van der Waals surface area contributed by atoms with E-state index in [-0.39, 0.29) is 18.1 Å². The van der Waals surface area contributed by atoms with Gasteiger partial charge in [0.25, 0.3) is 5.69 Å². The predicted molar refractivity (Wildman–Crippen MR) is 114 cm³/mol. The average Bonchev–Trinajstić information content (AvgIpc) is 3.12. The summed E-state index contributed by atoms with van der Waals surface area (Å²) in [5.41, 5.74) is 5.37. The number of hydrogen-bond donors (Lipinski definition) is 1. The fourth-order valence-electron chi connectivity index (χ4n) is 3.40. The van der Waals surface area contributed by atoms with E-state index in [0.29, 0.717) is 32.0 Å². The standard InChI is InChI=1S/C21H21N5O4/c27-21(24-9-11-30-12-10-24)15-25-14-16(19-3-1-2-4-20(19)25)13-22-23-17-5-7-18(8-6-17)26(28)29/h1-8,13-14,23H,9-12,15H2. The van der Waals surface area contributed by atoms with Crippen molar-refractivity contribution >= 4 is 34.4 Å². The lowest BCUT2D eigenvalue weighted by atomic mass is 10.2. The van der Waals surface area contributed by atoms with Crippen LogP contribution in [0.25, 0.3) is 10.9 Å². The third-order valence-corrected chi connectivity index (χ3v) is 4.96. The zero-order valence-corrected chi connectivity index (χ0v) is 16.2. The van der Waals surface area contributed by atoms with Gasteiger partial charge in [-0.3, -0.25) is 20.3 Å². The van der Waals surface area contributed by atoms with E-state index in [9.17, 15) is 14.9 Å². The number of ether oxygens (including phenoxy) is 1. The number of hydrazone groups is 1. The maximum absolute atomic E-state index is 12.7. The summed E-state index contributed by atoms with van der Waals surface area (Å²) >= 11 is 0. The summed E-state index contributed by atoms with van der Waals surface area (Å²) in [6.45, 7) is 2.63. The molecular weight excluding hydrogens is 386 g/mol. The van der Waals surface area contributed by atoms with Gasteiger partial charge in [0.1, 0.15) is 6.54 Å². The highest BCUT2D eigenvalue weighted by Gasteiger charge is 2.18. The van der Waals surface area contributed by atoms with E-state index in [4.69, 9.17) is 4.74 Å². The van der Waals surface area contributed by atoms with Gasteiger partial charge >= 0.3 is 0 Å². The van der Waals surface area contributed by atoms with Gasteiger partial charge in [0.05, 0.1) is 30.0 Å². The highest BCUT2D eigenvalue weighted by atomic mass is 16.6. The summed E-state index contributed by atoms with van der Waals surface area (Å²) < 4.78 is 7.25. The van der Waals surface area contributed by atoms with Crippen LogP contribution in [0.5, 0.6) is 0 Å². The fourth-order valence-corrected chi connectivity index (χ4v) is 3.40. The first-order valence-corrected chi connectivity index (χ1v) is 9.59. The minimum atomic E-state index is -0.444. The van der Waals surface area contributed by atoms with Gasteiger partial charge in [-0.05, 0) is 18.2 Å². The molecule has 1 fully saturated rings. The lowest BCUT2D eigenvalue weighted by Crippen LogP contribution is -2.42. The molecule has 0 aliphatic carbocycles. The molecule has 1 saturated heterocycles. The lowest BCUT2D eigenvalue weighted by molar-refractivity contribution is -0.384. The minimum Gasteiger partial charge on any atom is -0.378 e. The summed E-state index contributed by atoms with van der Waals surface area (Å²) in [5, 5.41) is 16.0. The number of carbonyl (C=O) groups excluding carboxylic acids is 1. The maximum atomic E-state index is 12.7. The van der Waals surface area contributed by atoms with E-state index >= 15 is 0 Å². The Balaban J connectivity index is 1.50. The summed E-state index contributed by atoms with van der Waals surface area (Å²) in [4.78, 5) is 24.8. The van der Waals surface area contributed by atoms with E-state index in [2.05, 4.69) is 10.5 Å². The summed E-state index contributed by atoms with van der Waals surface area (Å²) in [6.07, 6.45) is 3.59. The van der Waals surface area contributed by atoms with Crippen molar-refractivity contribution in [2.45, 2.75) is 6.54 Å². The van der Waals surface area contributed by atoms with E-state index < -0.39 is 4.92 Å². The van der Waals surface area contributed by atoms with Crippen LogP contribution in [0, 0.1) is 10.1 Å². The van der Waals surface area contributed by atoms with Crippen LogP contribution in [-0.2, 0) is 16.1 Å². The zero-order chi connectivity index (χ0) is 20.9. The van der Waals surface area contributed by atoms with E-state index in [1.54, 1.807) is 18.3 Å². The Bertz CT molecular complexity index is 1080. The molecule has 1 aliphatic heterocycles. The Morgan fingerprint density at radius 2 is 1.90 bits per heavy atom. The predicted octanol–water partition coefficient (Wildman–Crippen LogP) is 2.85. The Kier molecular flexibility index (Phi) is 5.71. The largest absolute Gasteiger partial charge is 0.378 e. The minimum absolute atomic E-state index is 0.0255. The molecule has 1 amide bonds. The molecule has 0 bridgehead atoms. The first-order chi connectivity index (χ1) is 14.6. The van der Waals surface area contributed by atoms with Gasteiger partial charge in [0.2, 0.25) is 5.91 Å². The number of nitro groups is 1. The molecule has 0 spiro atoms. The van der Waals surface area contributed by atoms with Crippen LogP contribution in [0.3, 0.4) is 0 Å². The van der Waals surface area contributed by atoms with E-state index in [1.165, 1.54) is 12.1 Å². The van der Waals surface area contributed by atoms with Crippen molar-refractivity contribution in [3.63, 3.8) is 0 Å². The molecule has 30 heavy (non-hydrogen) atoms. The first kappa shape index (κ1) is 19.6. The molecule has 9 heteroatoms. The number of para-hydroxylation sites is 1. The van der Waals surface area contributed by atoms with Gasteiger partial charge in [0, 0.05) is 47.9 Å². The van der Waals surface area contributed by atoms with Crippen molar-refractivity contribution in [1.29, 1.82) is 0 Å². The number of fused-ring (bicyclic) bond motifs is 1. The number of anilines is 1. The molecule has 2 heterocycles. The van der Waals surface area contributed by atoms with Crippen molar-refractivity contribution in [2.24, 2.45) is 5.10 Å². The molecule has 1 aromatic heterocycles. The normalized spacial score (nSPS) is 14.3. The first-order valence-electron chi connectivity index (χ1n) is 9.59. The smallest absolute Gasteiger partial charge is 0.269 e. The Labute approximate surface area is 172 Å². The Hall–Kier alpha value is -3.72. The third-order valence-electron chi connectivity index (χ3n) is 4.96. The number of carbonyl (C=O) groups is 1. The summed E-state index contributed by atoms with van der Waals surface area (Å²) in [5.74, 6) is 0.0616. The molecule has 0 radical (unpaired) electrons. The van der Waals surface area contributed by atoms with Crippen LogP contribution in [0.2, 0.25) is 0 Å². The molecule has 0 saturated carbocycles. The van der Waals surface area contributed by atoms with Crippen LogP contribution in [0.15, 0.2) is 59.8 Å². The number of nitro benzene ring substituents is 1. The van der Waals surface area contributed by atoms with Crippen molar-refractivity contribution in [1.82, 2.24) is 9.47 Å². The van der Waals surface area contributed by atoms with Gasteiger partial charge in [0.15, 0.2) is 0 Å². The van der Waals surface area contributed by atoms with Gasteiger partial charge in [-0.25, -0.2) is 0 Å². The molecule has 0 atom stereocenters. The maximum Gasteiger partial charge on any atom is 0.269 e. The molecule has 1 aliphatic rings. The third kappa shape index (κ3) is 4.31. The molecule has 1 N–H and O–H groups in total. The van der Waals surface area contributed by atoms with E-state index in [0.717, 1.165) is 16.5 Å². The zero-order valence-electron chi connectivity index (χ0n) is 16.2. The van der Waals surface area contributed by atoms with Crippen molar-refractivity contribution in [3.8, 4) is 0 Å². The van der Waals surface area contributed by atoms with Gasteiger partial charge < -0.3 is 14.2 Å². The molecular formula is C21H21N5O4. The second-order valence-corrected chi connectivity index (χ2v) is 6.90. The number of benzene rings is 2. The number of morpholine rings is 1. The van der Waals surface area contributed by atoms with Crippen LogP contribution in [-0.4, -0.2) is 52.8 Å². The quantitative estimate of drug-likeness (QED) is 0.385. The number of nitrogens with zero attached hydrogens (tertiary/aromatic N) is 4. The molecule has 9 nitrogen and oxygen atoms in total. The van der Waals surface area contributed by atoms with Crippen molar-refractivity contribution in [3.05, 3.63) is 70.4 Å². The SMILES string of the molecule is O=C(Cn1cc(C=NNc2ccc([N+](=O)[O-])cc2)c2ccccc21)N1CCOCC1. The molecule has 154 valence electrons. The molecule has 3 aromatic rings. The molecule has 2 aromatic carbocycles. The number of aromatic nitrogens is 1. The average molecular weight is 407 g/mol. The van der Waals surface area contributed by atoms with E-state index in [1.807, 2.05) is 39.9 Å². The second-order valence-electron chi connectivity index (χ2n) is 6.90. The number of non-ortho nitro benzene ring substituents is 1. The molecule has 0 unspecified atom stereocenters. The van der Waals surface area contributed by atoms with Gasteiger partial charge in [-0.1, -0.05) is 18.2 Å². The van der Waals surface area contributed by atoms with Crippen LogP contribution in [0.1, 0.15) is 5.56 Å². The highest BCUT2D eigenvalue weighted by Crippen LogP contribution is 2.21. The lowest BCUT2D eigenvalue weighted by Gasteiger charge is -2.27. The fraction of sp³-hybridized carbons (Fsp3) is 0.238. The highest BCUT2D eigenvalue weighted by molar-refractivity contribution is 6.00. The number of nitrogens with one attached hydrogen (secondary N) is 1. The van der Waals surface area contributed by atoms with Crippen molar-refractivity contribution in [2.75, 3.05) is 31.7 Å². The number of amides is 1.